The Bertz CT molecular complexity index is 2470. The van der Waals surface area contributed by atoms with E-state index in [0.29, 0.717) is 17.5 Å². The Morgan fingerprint density at radius 1 is 0.319 bits per heavy atom. The molecule has 220 valence electrons. The van der Waals surface area contributed by atoms with Crippen molar-refractivity contribution in [2.75, 3.05) is 0 Å². The van der Waals surface area contributed by atoms with E-state index in [0.717, 1.165) is 44.3 Å². The van der Waals surface area contributed by atoms with E-state index in [-0.39, 0.29) is 0 Å². The molecule has 4 heteroatoms. The van der Waals surface area contributed by atoms with E-state index >= 15 is 0 Å². The van der Waals surface area contributed by atoms with Crippen molar-refractivity contribution < 1.29 is 0 Å². The number of fused-ring (bicyclic) bond motifs is 5. The molecule has 47 heavy (non-hydrogen) atoms. The van der Waals surface area contributed by atoms with Crippen molar-refractivity contribution in [1.82, 2.24) is 15.0 Å². The minimum Gasteiger partial charge on any atom is -0.208 e. The summed E-state index contributed by atoms with van der Waals surface area (Å²) in [6.45, 7) is 0. The monoisotopic (exact) mass is 617 g/mol. The average Bonchev–Trinajstić information content (AvgIpc) is 3.55. The third-order valence-corrected chi connectivity index (χ3v) is 9.95. The third kappa shape index (κ3) is 4.96. The topological polar surface area (TPSA) is 38.7 Å². The predicted octanol–water partition coefficient (Wildman–Crippen LogP) is 11.7. The average molecular weight is 618 g/mol. The fourth-order valence-corrected chi connectivity index (χ4v) is 7.66. The second-order valence-electron chi connectivity index (χ2n) is 11.6. The molecule has 0 saturated heterocycles. The van der Waals surface area contributed by atoms with Gasteiger partial charge in [0.05, 0.1) is 0 Å². The summed E-state index contributed by atoms with van der Waals surface area (Å²) in [5.74, 6) is 1.95. The summed E-state index contributed by atoms with van der Waals surface area (Å²) < 4.78 is 2.58. The molecule has 7 aromatic carbocycles. The molecule has 2 heterocycles. The maximum absolute atomic E-state index is 5.17. The lowest BCUT2D eigenvalue weighted by atomic mass is 10.0. The van der Waals surface area contributed by atoms with Crippen molar-refractivity contribution in [2.24, 2.45) is 0 Å². The number of thiophene rings is 1. The van der Waals surface area contributed by atoms with Gasteiger partial charge < -0.3 is 0 Å². The lowest BCUT2D eigenvalue weighted by Gasteiger charge is -2.12. The van der Waals surface area contributed by atoms with Crippen LogP contribution in [-0.2, 0) is 0 Å². The lowest BCUT2D eigenvalue weighted by Crippen LogP contribution is -2.01. The Labute approximate surface area is 276 Å². The molecule has 0 aliphatic rings. The Balaban J connectivity index is 1.26. The number of benzene rings is 7. The molecule has 0 unspecified atom stereocenters. The minimum absolute atomic E-state index is 0.646. The van der Waals surface area contributed by atoms with Crippen molar-refractivity contribution >= 4 is 42.3 Å². The Kier molecular flexibility index (Phi) is 6.65. The summed E-state index contributed by atoms with van der Waals surface area (Å²) in [7, 11) is 0. The van der Waals surface area contributed by atoms with E-state index in [4.69, 9.17) is 15.0 Å². The molecule has 0 bridgehead atoms. The van der Waals surface area contributed by atoms with Crippen LogP contribution < -0.4 is 0 Å². The molecular formula is C43H27N3S. The standard InChI is InChI=1S/C43H27N3S/c1-3-12-28(13-4-1)30-16-9-18-32(26-30)41-44-42(33-19-10-17-31(27-33)29-14-5-2-6-15-29)46-43(45-41)38-22-11-21-36-34(38)24-25-37-35-20-7-8-23-39(35)47-40(36)37/h1-27H. The number of hydrogen-bond acceptors (Lipinski definition) is 4. The number of nitrogens with zero attached hydrogens (tertiary/aromatic N) is 3. The summed E-state index contributed by atoms with van der Waals surface area (Å²) >= 11 is 1.84. The predicted molar refractivity (Wildman–Crippen MR) is 197 cm³/mol. The second kappa shape index (κ2) is 11.4. The Morgan fingerprint density at radius 3 is 1.45 bits per heavy atom. The highest BCUT2D eigenvalue weighted by atomic mass is 32.1. The molecule has 0 radical (unpaired) electrons. The Hall–Kier alpha value is -5.97. The summed E-state index contributed by atoms with van der Waals surface area (Å²) in [5.41, 5.74) is 7.43. The van der Waals surface area contributed by atoms with E-state index in [2.05, 4.69) is 152 Å². The SMILES string of the molecule is c1ccc(-c2cccc(-c3nc(-c4cccc(-c5ccccc5)c4)nc(-c4cccc5c4ccc4c6ccccc6sc54)n3)c2)cc1. The summed E-state index contributed by atoms with van der Waals surface area (Å²) in [6, 6.07) is 57.3. The molecule has 0 fully saturated rings. The zero-order valence-electron chi connectivity index (χ0n) is 25.3. The van der Waals surface area contributed by atoms with Gasteiger partial charge in [-0.05, 0) is 45.8 Å². The van der Waals surface area contributed by atoms with E-state index in [9.17, 15) is 0 Å². The molecule has 2 aromatic heterocycles. The first kappa shape index (κ1) is 27.3. The first-order valence-corrected chi connectivity index (χ1v) is 16.5. The molecule has 0 saturated carbocycles. The van der Waals surface area contributed by atoms with Crippen LogP contribution in [-0.4, -0.2) is 15.0 Å². The van der Waals surface area contributed by atoms with Gasteiger partial charge in [0.2, 0.25) is 0 Å². The molecule has 9 aromatic rings. The smallest absolute Gasteiger partial charge is 0.164 e. The maximum atomic E-state index is 5.17. The third-order valence-electron chi connectivity index (χ3n) is 8.73. The van der Waals surface area contributed by atoms with Crippen LogP contribution in [0.4, 0.5) is 0 Å². The lowest BCUT2D eigenvalue weighted by molar-refractivity contribution is 1.08. The molecule has 0 aliphatic carbocycles. The van der Waals surface area contributed by atoms with Gasteiger partial charge in [-0.2, -0.15) is 0 Å². The van der Waals surface area contributed by atoms with Crippen LogP contribution in [0.25, 0.3) is 87.4 Å². The van der Waals surface area contributed by atoms with Gasteiger partial charge in [-0.1, -0.05) is 146 Å². The molecule has 0 amide bonds. The van der Waals surface area contributed by atoms with Crippen molar-refractivity contribution in [3.8, 4) is 56.4 Å². The van der Waals surface area contributed by atoms with Crippen LogP contribution in [0.1, 0.15) is 0 Å². The van der Waals surface area contributed by atoms with E-state index in [1.54, 1.807) is 0 Å². The highest BCUT2D eigenvalue weighted by Gasteiger charge is 2.17. The van der Waals surface area contributed by atoms with Crippen LogP contribution in [0.15, 0.2) is 164 Å². The van der Waals surface area contributed by atoms with E-state index in [1.807, 2.05) is 23.5 Å². The summed E-state index contributed by atoms with van der Waals surface area (Å²) in [4.78, 5) is 15.4. The number of rotatable bonds is 5. The van der Waals surface area contributed by atoms with Gasteiger partial charge in [0.25, 0.3) is 0 Å². The molecule has 0 atom stereocenters. The normalized spacial score (nSPS) is 11.4. The van der Waals surface area contributed by atoms with Gasteiger partial charge in [-0.25, -0.2) is 15.0 Å². The van der Waals surface area contributed by atoms with Gasteiger partial charge in [-0.15, -0.1) is 11.3 Å². The van der Waals surface area contributed by atoms with Gasteiger partial charge in [0.1, 0.15) is 0 Å². The molecule has 9 rings (SSSR count). The van der Waals surface area contributed by atoms with Crippen molar-refractivity contribution in [2.45, 2.75) is 0 Å². The van der Waals surface area contributed by atoms with Crippen LogP contribution in [0, 0.1) is 0 Å². The summed E-state index contributed by atoms with van der Waals surface area (Å²) in [6.07, 6.45) is 0. The second-order valence-corrected chi connectivity index (χ2v) is 12.7. The van der Waals surface area contributed by atoms with Crippen LogP contribution >= 0.6 is 11.3 Å². The van der Waals surface area contributed by atoms with Gasteiger partial charge in [0.15, 0.2) is 17.5 Å². The number of aromatic nitrogens is 3. The van der Waals surface area contributed by atoms with Crippen LogP contribution in [0.5, 0.6) is 0 Å². The zero-order valence-corrected chi connectivity index (χ0v) is 26.2. The molecule has 0 aliphatic heterocycles. The highest BCUT2D eigenvalue weighted by molar-refractivity contribution is 7.26. The van der Waals surface area contributed by atoms with Crippen molar-refractivity contribution in [3.05, 3.63) is 164 Å². The molecular weight excluding hydrogens is 591 g/mol. The zero-order chi connectivity index (χ0) is 31.2. The quantitative estimate of drug-likeness (QED) is 0.193. The van der Waals surface area contributed by atoms with Crippen molar-refractivity contribution in [1.29, 1.82) is 0 Å². The van der Waals surface area contributed by atoms with Gasteiger partial charge in [0, 0.05) is 42.2 Å². The van der Waals surface area contributed by atoms with Gasteiger partial charge in [-0.3, -0.25) is 0 Å². The largest absolute Gasteiger partial charge is 0.208 e. The summed E-state index contributed by atoms with van der Waals surface area (Å²) in [5, 5.41) is 4.91. The van der Waals surface area contributed by atoms with Crippen LogP contribution in [0.3, 0.4) is 0 Å². The Morgan fingerprint density at radius 2 is 0.787 bits per heavy atom. The fraction of sp³-hybridized carbons (Fsp3) is 0. The molecule has 0 spiro atoms. The van der Waals surface area contributed by atoms with E-state index in [1.165, 1.54) is 25.6 Å². The number of hydrogen-bond donors (Lipinski definition) is 0. The first-order chi connectivity index (χ1) is 23.3. The van der Waals surface area contributed by atoms with Crippen molar-refractivity contribution in [3.63, 3.8) is 0 Å². The minimum atomic E-state index is 0.646. The van der Waals surface area contributed by atoms with Crippen LogP contribution in [0.2, 0.25) is 0 Å². The fourth-order valence-electron chi connectivity index (χ4n) is 6.43. The maximum Gasteiger partial charge on any atom is 0.164 e. The molecule has 0 N–H and O–H groups in total. The van der Waals surface area contributed by atoms with E-state index < -0.39 is 0 Å². The van der Waals surface area contributed by atoms with Gasteiger partial charge >= 0.3 is 0 Å². The molecule has 3 nitrogen and oxygen atoms in total. The highest BCUT2D eigenvalue weighted by Crippen LogP contribution is 2.41. The first-order valence-electron chi connectivity index (χ1n) is 15.7.